The van der Waals surface area contributed by atoms with Crippen LogP contribution in [0, 0.1) is 6.92 Å². The fraction of sp³-hybridized carbons (Fsp3) is 0.286. The van der Waals surface area contributed by atoms with E-state index in [-0.39, 0.29) is 10.8 Å². The molecule has 0 N–H and O–H groups in total. The van der Waals surface area contributed by atoms with Crippen LogP contribution in [0.25, 0.3) is 0 Å². The molecule has 0 spiro atoms. The van der Waals surface area contributed by atoms with Gasteiger partial charge in [0.05, 0.1) is 11.6 Å². The van der Waals surface area contributed by atoms with E-state index in [1.165, 1.54) is 4.31 Å². The molecule has 0 saturated heterocycles. The number of alkyl halides is 1. The van der Waals surface area contributed by atoms with Crippen LogP contribution in [0.4, 0.5) is 5.69 Å². The third-order valence-corrected chi connectivity index (χ3v) is 5.27. The molecule has 0 fully saturated rings. The zero-order valence-corrected chi connectivity index (χ0v) is 13.2. The molecule has 108 valence electrons. The van der Waals surface area contributed by atoms with Crippen molar-refractivity contribution in [2.24, 2.45) is 7.05 Å². The van der Waals surface area contributed by atoms with Gasteiger partial charge in [0.25, 0.3) is 10.0 Å². The van der Waals surface area contributed by atoms with Crippen molar-refractivity contribution in [3.8, 4) is 0 Å². The molecule has 0 bridgehead atoms. The van der Waals surface area contributed by atoms with Crippen LogP contribution in [0.15, 0.2) is 41.4 Å². The highest BCUT2D eigenvalue weighted by molar-refractivity contribution is 7.92. The monoisotopic (exact) mass is 312 g/mol. The summed E-state index contributed by atoms with van der Waals surface area (Å²) in [5.41, 5.74) is 2.42. The summed E-state index contributed by atoms with van der Waals surface area (Å²) in [4.78, 5) is 0.250. The van der Waals surface area contributed by atoms with E-state index in [0.717, 1.165) is 11.3 Å². The molecule has 20 heavy (non-hydrogen) atoms. The lowest BCUT2D eigenvalue weighted by Crippen LogP contribution is -2.26. The van der Waals surface area contributed by atoms with Gasteiger partial charge in [0.1, 0.15) is 4.90 Å². The van der Waals surface area contributed by atoms with Crippen molar-refractivity contribution in [2.75, 3.05) is 11.4 Å². The predicted octanol–water partition coefficient (Wildman–Crippen LogP) is 2.90. The van der Waals surface area contributed by atoms with Gasteiger partial charge in [0, 0.05) is 26.0 Å². The maximum atomic E-state index is 12.6. The van der Waals surface area contributed by atoms with Crippen LogP contribution >= 0.6 is 11.6 Å². The summed E-state index contributed by atoms with van der Waals surface area (Å²) >= 11 is 5.78. The van der Waals surface area contributed by atoms with Crippen LogP contribution in [0.1, 0.15) is 11.3 Å². The lowest BCUT2D eigenvalue weighted by atomic mass is 10.2. The molecule has 1 aromatic carbocycles. The van der Waals surface area contributed by atoms with Gasteiger partial charge < -0.3 is 4.57 Å². The third-order valence-electron chi connectivity index (χ3n) is 3.24. The minimum Gasteiger partial charge on any atom is -0.352 e. The molecule has 1 aromatic heterocycles. The van der Waals surface area contributed by atoms with E-state index in [0.29, 0.717) is 5.69 Å². The first-order valence-electron chi connectivity index (χ1n) is 6.13. The number of anilines is 1. The first-order chi connectivity index (χ1) is 9.36. The second-order valence-corrected chi connectivity index (χ2v) is 6.96. The van der Waals surface area contributed by atoms with Crippen LogP contribution in [0.2, 0.25) is 0 Å². The Kier molecular flexibility index (Phi) is 4.11. The lowest BCUT2D eigenvalue weighted by Gasteiger charge is -2.19. The third kappa shape index (κ3) is 2.69. The zero-order valence-electron chi connectivity index (χ0n) is 11.7. The van der Waals surface area contributed by atoms with E-state index in [2.05, 4.69) is 0 Å². The highest BCUT2D eigenvalue weighted by Gasteiger charge is 2.23. The number of sulfonamides is 1. The van der Waals surface area contributed by atoms with Gasteiger partial charge >= 0.3 is 0 Å². The second-order valence-electron chi connectivity index (χ2n) is 4.72. The molecule has 0 saturated carbocycles. The number of nitrogens with zero attached hydrogens (tertiary/aromatic N) is 2. The number of aryl methyl sites for hydroxylation is 2. The van der Waals surface area contributed by atoms with Crippen LogP contribution in [-0.2, 0) is 23.0 Å². The van der Waals surface area contributed by atoms with Crippen molar-refractivity contribution in [2.45, 2.75) is 17.7 Å². The lowest BCUT2D eigenvalue weighted by molar-refractivity contribution is 0.594. The Labute approximate surface area is 124 Å². The first kappa shape index (κ1) is 14.9. The predicted molar refractivity (Wildman–Crippen MR) is 81.7 cm³/mol. The van der Waals surface area contributed by atoms with Crippen molar-refractivity contribution < 1.29 is 8.42 Å². The van der Waals surface area contributed by atoms with E-state index in [9.17, 15) is 8.42 Å². The molecule has 6 heteroatoms. The molecule has 0 aliphatic carbocycles. The smallest absolute Gasteiger partial charge is 0.265 e. The molecular weight excluding hydrogens is 296 g/mol. The first-order valence-corrected chi connectivity index (χ1v) is 8.10. The fourth-order valence-corrected chi connectivity index (χ4v) is 3.52. The van der Waals surface area contributed by atoms with Crippen LogP contribution < -0.4 is 4.31 Å². The van der Waals surface area contributed by atoms with E-state index in [1.807, 2.05) is 25.1 Å². The van der Waals surface area contributed by atoms with Gasteiger partial charge in [0.2, 0.25) is 0 Å². The van der Waals surface area contributed by atoms with E-state index < -0.39 is 10.0 Å². The van der Waals surface area contributed by atoms with Crippen LogP contribution in [0.5, 0.6) is 0 Å². The zero-order chi connectivity index (χ0) is 14.9. The van der Waals surface area contributed by atoms with Gasteiger partial charge in [-0.15, -0.1) is 11.6 Å². The Morgan fingerprint density at radius 2 is 2.00 bits per heavy atom. The molecular formula is C14H17ClN2O2S. The molecule has 0 amide bonds. The average molecular weight is 313 g/mol. The summed E-state index contributed by atoms with van der Waals surface area (Å²) in [6.07, 6.45) is 1.58. The van der Waals surface area contributed by atoms with Crippen molar-refractivity contribution >= 4 is 27.3 Å². The van der Waals surface area contributed by atoms with Gasteiger partial charge in [0.15, 0.2) is 0 Å². The van der Waals surface area contributed by atoms with Crippen LogP contribution in [0.3, 0.4) is 0 Å². The van der Waals surface area contributed by atoms with E-state index >= 15 is 0 Å². The number of hydrogen-bond donors (Lipinski definition) is 0. The topological polar surface area (TPSA) is 42.3 Å². The van der Waals surface area contributed by atoms with Crippen LogP contribution in [-0.4, -0.2) is 20.0 Å². The molecule has 0 atom stereocenters. The normalized spacial score (nSPS) is 11.6. The Balaban J connectivity index is 2.43. The highest BCUT2D eigenvalue weighted by Crippen LogP contribution is 2.24. The summed E-state index contributed by atoms with van der Waals surface area (Å²) in [7, 11) is -0.232. The van der Waals surface area contributed by atoms with Crippen molar-refractivity contribution in [1.29, 1.82) is 0 Å². The molecule has 0 unspecified atom stereocenters. The van der Waals surface area contributed by atoms with Crippen molar-refractivity contribution in [3.05, 3.63) is 47.8 Å². The Bertz CT molecular complexity index is 723. The van der Waals surface area contributed by atoms with E-state index in [1.54, 1.807) is 37.0 Å². The molecule has 0 aliphatic heterocycles. The molecule has 1 heterocycles. The molecule has 4 nitrogen and oxygen atoms in total. The average Bonchev–Trinajstić information content (AvgIpc) is 2.79. The molecule has 2 rings (SSSR count). The summed E-state index contributed by atoms with van der Waals surface area (Å²) in [5, 5.41) is 0. The fourth-order valence-electron chi connectivity index (χ4n) is 1.97. The molecule has 2 aromatic rings. The van der Waals surface area contributed by atoms with Gasteiger partial charge in [-0.3, -0.25) is 4.31 Å². The highest BCUT2D eigenvalue weighted by atomic mass is 35.5. The van der Waals surface area contributed by atoms with Gasteiger partial charge in [-0.1, -0.05) is 12.1 Å². The SMILES string of the molecule is Cc1cccc(N(C)S(=O)(=O)c2cc(CCl)n(C)c2)c1. The summed E-state index contributed by atoms with van der Waals surface area (Å²) in [6.45, 7) is 1.93. The minimum absolute atomic E-state index is 0.250. The summed E-state index contributed by atoms with van der Waals surface area (Å²) in [6, 6.07) is 8.98. The maximum Gasteiger partial charge on any atom is 0.265 e. The Morgan fingerprint density at radius 1 is 1.30 bits per heavy atom. The number of hydrogen-bond acceptors (Lipinski definition) is 2. The Morgan fingerprint density at radius 3 is 2.55 bits per heavy atom. The number of rotatable bonds is 4. The Hall–Kier alpha value is -1.46. The van der Waals surface area contributed by atoms with E-state index in [4.69, 9.17) is 11.6 Å². The van der Waals surface area contributed by atoms with Gasteiger partial charge in [-0.05, 0) is 30.7 Å². The number of aromatic nitrogens is 1. The van der Waals surface area contributed by atoms with Gasteiger partial charge in [-0.25, -0.2) is 8.42 Å². The standard InChI is InChI=1S/C14H17ClN2O2S/c1-11-5-4-6-12(7-11)17(3)20(18,19)14-8-13(9-15)16(2)10-14/h4-8,10H,9H2,1-3H3. The van der Waals surface area contributed by atoms with Crippen molar-refractivity contribution in [3.63, 3.8) is 0 Å². The largest absolute Gasteiger partial charge is 0.352 e. The second kappa shape index (κ2) is 5.50. The molecule has 0 aliphatic rings. The molecule has 0 radical (unpaired) electrons. The number of benzene rings is 1. The quantitative estimate of drug-likeness (QED) is 0.815. The van der Waals surface area contributed by atoms with Crippen molar-refractivity contribution in [1.82, 2.24) is 4.57 Å². The summed E-state index contributed by atoms with van der Waals surface area (Å²) < 4.78 is 28.2. The summed E-state index contributed by atoms with van der Waals surface area (Å²) in [5.74, 6) is 0.278. The van der Waals surface area contributed by atoms with Gasteiger partial charge in [-0.2, -0.15) is 0 Å². The minimum atomic E-state index is -3.57. The number of halogens is 1. The maximum absolute atomic E-state index is 12.6.